The maximum Gasteiger partial charge on any atom is 0.432 e. The van der Waals surface area contributed by atoms with Gasteiger partial charge in [0.25, 0.3) is 0 Å². The third kappa shape index (κ3) is 4.23. The lowest BCUT2D eigenvalue weighted by Gasteiger charge is -2.31. The topological polar surface area (TPSA) is 35.5 Å². The van der Waals surface area contributed by atoms with Gasteiger partial charge in [0.1, 0.15) is 5.75 Å². The fourth-order valence-corrected chi connectivity index (χ4v) is 3.77. The maximum atomic E-state index is 14.1. The molecule has 0 spiro atoms. The predicted molar refractivity (Wildman–Crippen MR) is 105 cm³/mol. The maximum absolute atomic E-state index is 14.1. The monoisotopic (exact) mass is 444 g/mol. The molecule has 0 amide bonds. The largest absolute Gasteiger partial charge is 0.472 e. The first-order valence-corrected chi connectivity index (χ1v) is 9.52. The number of esters is 1. The Morgan fingerprint density at radius 2 is 1.86 bits per heavy atom. The fourth-order valence-electron chi connectivity index (χ4n) is 3.24. The molecule has 29 heavy (non-hydrogen) atoms. The molecule has 0 fully saturated rings. The summed E-state index contributed by atoms with van der Waals surface area (Å²) in [5.41, 5.74) is -1.49. The molecule has 0 N–H and O–H groups in total. The van der Waals surface area contributed by atoms with E-state index >= 15 is 0 Å². The minimum Gasteiger partial charge on any atom is -0.472 e. The first-order chi connectivity index (χ1) is 13.6. The smallest absolute Gasteiger partial charge is 0.432 e. The number of carbonyl (C=O) groups is 1. The number of fused-ring (bicyclic) bond motifs is 1. The third-order valence-electron chi connectivity index (χ3n) is 4.58. The second kappa shape index (κ2) is 7.92. The van der Waals surface area contributed by atoms with E-state index in [1.807, 2.05) is 0 Å². The summed E-state index contributed by atoms with van der Waals surface area (Å²) in [4.78, 5) is 11.8. The number of halogens is 5. The highest BCUT2D eigenvalue weighted by Gasteiger charge is 2.61. The highest BCUT2D eigenvalue weighted by atomic mass is 35.5. The van der Waals surface area contributed by atoms with Gasteiger partial charge in [0.15, 0.2) is 0 Å². The number of carbonyl (C=O) groups excluding carboxylic acids is 1. The number of benzene rings is 2. The molecule has 1 heterocycles. The van der Waals surface area contributed by atoms with Gasteiger partial charge in [-0.2, -0.15) is 13.2 Å². The van der Waals surface area contributed by atoms with Crippen LogP contribution in [0.5, 0.6) is 5.75 Å². The third-order valence-corrected chi connectivity index (χ3v) is 5.01. The van der Waals surface area contributed by atoms with Crippen molar-refractivity contribution < 1.29 is 27.4 Å². The normalized spacial score (nSPS) is 18.9. The van der Waals surface area contributed by atoms with E-state index < -0.39 is 24.2 Å². The zero-order chi connectivity index (χ0) is 21.4. The molecule has 1 atom stereocenters. The van der Waals surface area contributed by atoms with Crippen molar-refractivity contribution in [2.75, 3.05) is 6.61 Å². The summed E-state index contributed by atoms with van der Waals surface area (Å²) < 4.78 is 52.8. The average molecular weight is 445 g/mol. The second-order valence-corrected chi connectivity index (χ2v) is 7.55. The molecule has 2 aromatic rings. The Kier molecular flexibility index (Phi) is 5.88. The van der Waals surface area contributed by atoms with Gasteiger partial charge < -0.3 is 9.47 Å². The van der Waals surface area contributed by atoms with Crippen molar-refractivity contribution in [1.29, 1.82) is 0 Å². The van der Waals surface area contributed by atoms with E-state index in [1.54, 1.807) is 32.1 Å². The Morgan fingerprint density at radius 1 is 1.21 bits per heavy atom. The van der Waals surface area contributed by atoms with Gasteiger partial charge in [0.2, 0.25) is 5.60 Å². The molecular formula is C21H17Cl2F3O3. The SMILES string of the molecule is CCOC(=O)/C(C)=C/c1ccc2c(c1)CC(c1cc(Cl)cc(Cl)c1)(C(F)(F)F)O2. The summed E-state index contributed by atoms with van der Waals surface area (Å²) in [5.74, 6) is -0.369. The van der Waals surface area contributed by atoms with Gasteiger partial charge >= 0.3 is 12.1 Å². The lowest BCUT2D eigenvalue weighted by molar-refractivity contribution is -0.248. The molecule has 1 unspecified atom stereocenters. The summed E-state index contributed by atoms with van der Waals surface area (Å²) in [6.07, 6.45) is -3.60. The lowest BCUT2D eigenvalue weighted by atomic mass is 9.88. The highest BCUT2D eigenvalue weighted by molar-refractivity contribution is 6.34. The van der Waals surface area contributed by atoms with Crippen LogP contribution >= 0.6 is 23.2 Å². The molecule has 0 aliphatic carbocycles. The van der Waals surface area contributed by atoms with Crippen molar-refractivity contribution >= 4 is 35.2 Å². The van der Waals surface area contributed by atoms with E-state index in [0.29, 0.717) is 16.7 Å². The number of alkyl halides is 3. The molecule has 2 aromatic carbocycles. The van der Waals surface area contributed by atoms with Crippen molar-refractivity contribution in [3.8, 4) is 5.75 Å². The summed E-state index contributed by atoms with van der Waals surface area (Å²) >= 11 is 11.9. The Bertz CT molecular complexity index is 965. The van der Waals surface area contributed by atoms with E-state index in [4.69, 9.17) is 32.7 Å². The van der Waals surface area contributed by atoms with E-state index in [2.05, 4.69) is 0 Å². The van der Waals surface area contributed by atoms with Crippen LogP contribution in [0.15, 0.2) is 42.0 Å². The van der Waals surface area contributed by atoms with E-state index in [0.717, 1.165) is 0 Å². The van der Waals surface area contributed by atoms with Crippen molar-refractivity contribution in [2.45, 2.75) is 32.0 Å². The quantitative estimate of drug-likeness (QED) is 0.406. The minimum absolute atomic E-state index is 0.0874. The molecule has 3 rings (SSSR count). The van der Waals surface area contributed by atoms with Crippen LogP contribution in [0.3, 0.4) is 0 Å². The predicted octanol–water partition coefficient (Wildman–Crippen LogP) is 6.35. The summed E-state index contributed by atoms with van der Waals surface area (Å²) in [6.45, 7) is 3.50. The molecule has 0 bridgehead atoms. The zero-order valence-corrected chi connectivity index (χ0v) is 17.1. The van der Waals surface area contributed by atoms with E-state index in [1.165, 1.54) is 24.3 Å². The van der Waals surface area contributed by atoms with Crippen molar-refractivity contribution in [2.24, 2.45) is 0 Å². The van der Waals surface area contributed by atoms with Crippen LogP contribution < -0.4 is 4.74 Å². The van der Waals surface area contributed by atoms with Crippen molar-refractivity contribution in [3.63, 3.8) is 0 Å². The number of ether oxygens (including phenoxy) is 2. The Hall–Kier alpha value is -2.18. The van der Waals surface area contributed by atoms with Gasteiger partial charge in [0.05, 0.1) is 6.61 Å². The lowest BCUT2D eigenvalue weighted by Crippen LogP contribution is -2.46. The van der Waals surface area contributed by atoms with Crippen molar-refractivity contribution in [1.82, 2.24) is 0 Å². The number of hydrogen-bond donors (Lipinski definition) is 0. The molecule has 0 saturated heterocycles. The van der Waals surface area contributed by atoms with Gasteiger partial charge in [-0.15, -0.1) is 0 Å². The molecular weight excluding hydrogens is 428 g/mol. The second-order valence-electron chi connectivity index (χ2n) is 6.68. The summed E-state index contributed by atoms with van der Waals surface area (Å²) in [7, 11) is 0. The first kappa shape index (κ1) is 21.5. The summed E-state index contributed by atoms with van der Waals surface area (Å²) in [5, 5.41) is 0.175. The highest BCUT2D eigenvalue weighted by Crippen LogP contribution is 2.51. The average Bonchev–Trinajstić information content (AvgIpc) is 3.01. The van der Waals surface area contributed by atoms with Gasteiger partial charge in [-0.3, -0.25) is 0 Å². The molecule has 0 radical (unpaired) electrons. The number of rotatable bonds is 4. The molecule has 1 aliphatic heterocycles. The van der Waals surface area contributed by atoms with Gasteiger partial charge in [-0.05, 0) is 61.4 Å². The van der Waals surface area contributed by atoms with E-state index in [9.17, 15) is 18.0 Å². The van der Waals surface area contributed by atoms with Crippen LogP contribution in [0.25, 0.3) is 6.08 Å². The van der Waals surface area contributed by atoms with Crippen LogP contribution in [-0.4, -0.2) is 18.8 Å². The van der Waals surface area contributed by atoms with Crippen LogP contribution in [-0.2, 0) is 21.6 Å². The van der Waals surface area contributed by atoms with Gasteiger partial charge in [0, 0.05) is 27.6 Å². The van der Waals surface area contributed by atoms with Gasteiger partial charge in [-0.25, -0.2) is 4.79 Å². The molecule has 8 heteroatoms. The van der Waals surface area contributed by atoms with Gasteiger partial charge in [-0.1, -0.05) is 29.3 Å². The molecule has 3 nitrogen and oxygen atoms in total. The van der Waals surface area contributed by atoms with E-state index in [-0.39, 0.29) is 28.0 Å². The molecule has 1 aliphatic rings. The van der Waals surface area contributed by atoms with Crippen LogP contribution in [0.1, 0.15) is 30.5 Å². The fraction of sp³-hybridized carbons (Fsp3) is 0.286. The Balaban J connectivity index is 2.01. The van der Waals surface area contributed by atoms with Crippen LogP contribution in [0.4, 0.5) is 13.2 Å². The standard InChI is InChI=1S/C21H17Cl2F3O3/c1-3-28-19(27)12(2)6-13-4-5-18-14(7-13)11-20(29-18,21(24,25)26)15-8-16(22)10-17(23)9-15/h4-10H,3,11H2,1-2H3/b12-6+. The Labute approximate surface area is 176 Å². The molecule has 0 saturated carbocycles. The molecule has 154 valence electrons. The Morgan fingerprint density at radius 3 is 2.45 bits per heavy atom. The first-order valence-electron chi connectivity index (χ1n) is 8.76. The molecule has 0 aromatic heterocycles. The number of hydrogen-bond acceptors (Lipinski definition) is 3. The van der Waals surface area contributed by atoms with Crippen LogP contribution in [0.2, 0.25) is 10.0 Å². The minimum atomic E-state index is -4.71. The zero-order valence-electron chi connectivity index (χ0n) is 15.6. The van der Waals surface area contributed by atoms with Crippen molar-refractivity contribution in [3.05, 3.63) is 68.7 Å². The summed E-state index contributed by atoms with van der Waals surface area (Å²) in [6, 6.07) is 8.38. The van der Waals surface area contributed by atoms with Crippen LogP contribution in [0, 0.1) is 0 Å².